The first-order valence-corrected chi connectivity index (χ1v) is 8.58. The maximum atomic E-state index is 12.5. The molecule has 0 saturated carbocycles. The summed E-state index contributed by atoms with van der Waals surface area (Å²) in [7, 11) is 1.84. The number of fused-ring (bicyclic) bond motifs is 1. The predicted octanol–water partition coefficient (Wildman–Crippen LogP) is 1.41. The van der Waals surface area contributed by atoms with Crippen molar-refractivity contribution in [3.63, 3.8) is 0 Å². The van der Waals surface area contributed by atoms with Crippen molar-refractivity contribution in [3.05, 3.63) is 46.5 Å². The molecule has 0 bridgehead atoms. The van der Waals surface area contributed by atoms with Crippen molar-refractivity contribution in [3.8, 4) is 0 Å². The normalized spacial score (nSPS) is 10.7. The van der Waals surface area contributed by atoms with Crippen LogP contribution in [0.25, 0.3) is 10.2 Å². The molecule has 8 nitrogen and oxygen atoms in total. The molecule has 0 aliphatic carbocycles. The SMILES string of the molecule is Cc1nn(C)c2sc(C(=O)Nc3cccc(C(=O)NCC(N)=O)c3)cc12. The van der Waals surface area contributed by atoms with Crippen LogP contribution in [0.5, 0.6) is 0 Å². The van der Waals surface area contributed by atoms with Crippen LogP contribution in [0.3, 0.4) is 0 Å². The van der Waals surface area contributed by atoms with Crippen molar-refractivity contribution in [2.45, 2.75) is 6.92 Å². The molecule has 0 fully saturated rings. The van der Waals surface area contributed by atoms with Crippen molar-refractivity contribution in [2.75, 3.05) is 11.9 Å². The van der Waals surface area contributed by atoms with Gasteiger partial charge in [-0.1, -0.05) is 6.07 Å². The summed E-state index contributed by atoms with van der Waals surface area (Å²) in [5.41, 5.74) is 6.67. The Balaban J connectivity index is 1.76. The van der Waals surface area contributed by atoms with E-state index in [0.717, 1.165) is 15.9 Å². The molecule has 3 rings (SSSR count). The predicted molar refractivity (Wildman–Crippen MR) is 99.3 cm³/mol. The average Bonchev–Trinajstić information content (AvgIpc) is 3.15. The van der Waals surface area contributed by atoms with Crippen LogP contribution in [0, 0.1) is 6.92 Å². The average molecular weight is 371 g/mol. The number of rotatable bonds is 5. The van der Waals surface area contributed by atoms with E-state index in [9.17, 15) is 14.4 Å². The first kappa shape index (κ1) is 17.6. The third-order valence-corrected chi connectivity index (χ3v) is 4.93. The first-order valence-electron chi connectivity index (χ1n) is 7.76. The highest BCUT2D eigenvalue weighted by atomic mass is 32.1. The van der Waals surface area contributed by atoms with Gasteiger partial charge in [0.1, 0.15) is 4.83 Å². The lowest BCUT2D eigenvalue weighted by Crippen LogP contribution is -2.33. The number of hydrogen-bond donors (Lipinski definition) is 3. The molecule has 2 heterocycles. The van der Waals surface area contributed by atoms with Crippen LogP contribution >= 0.6 is 11.3 Å². The molecule has 0 aliphatic rings. The number of primary amides is 1. The lowest BCUT2D eigenvalue weighted by Gasteiger charge is -2.07. The number of aromatic nitrogens is 2. The molecule has 3 amide bonds. The van der Waals surface area contributed by atoms with E-state index in [1.807, 2.05) is 14.0 Å². The Bertz CT molecular complexity index is 986. The molecule has 0 aliphatic heterocycles. The Morgan fingerprint density at radius 2 is 2.00 bits per heavy atom. The van der Waals surface area contributed by atoms with Crippen LogP contribution < -0.4 is 16.4 Å². The van der Waals surface area contributed by atoms with E-state index in [0.29, 0.717) is 16.1 Å². The molecule has 1 aromatic carbocycles. The summed E-state index contributed by atoms with van der Waals surface area (Å²) < 4.78 is 1.75. The topological polar surface area (TPSA) is 119 Å². The van der Waals surface area contributed by atoms with Crippen LogP contribution in [-0.4, -0.2) is 34.0 Å². The Hall–Kier alpha value is -3.20. The molecule has 0 unspecified atom stereocenters. The largest absolute Gasteiger partial charge is 0.368 e. The number of carbonyl (C=O) groups excluding carboxylic acids is 3. The minimum atomic E-state index is -0.627. The van der Waals surface area contributed by atoms with E-state index in [-0.39, 0.29) is 12.5 Å². The second-order valence-electron chi connectivity index (χ2n) is 5.72. The van der Waals surface area contributed by atoms with Gasteiger partial charge in [0, 0.05) is 23.7 Å². The Kier molecular flexibility index (Phi) is 4.72. The van der Waals surface area contributed by atoms with Gasteiger partial charge in [0.2, 0.25) is 5.91 Å². The monoisotopic (exact) mass is 371 g/mol. The number of nitrogens with zero attached hydrogens (tertiary/aromatic N) is 2. The lowest BCUT2D eigenvalue weighted by molar-refractivity contribution is -0.117. The van der Waals surface area contributed by atoms with E-state index < -0.39 is 11.8 Å². The third-order valence-electron chi connectivity index (χ3n) is 3.73. The second kappa shape index (κ2) is 6.96. The number of thiophene rings is 1. The fourth-order valence-corrected chi connectivity index (χ4v) is 3.54. The zero-order valence-corrected chi connectivity index (χ0v) is 15.0. The number of nitrogens with one attached hydrogen (secondary N) is 2. The second-order valence-corrected chi connectivity index (χ2v) is 6.75. The number of amides is 3. The maximum Gasteiger partial charge on any atom is 0.265 e. The van der Waals surface area contributed by atoms with Gasteiger partial charge >= 0.3 is 0 Å². The molecule has 0 radical (unpaired) electrons. The fourth-order valence-electron chi connectivity index (χ4n) is 2.52. The van der Waals surface area contributed by atoms with Crippen LogP contribution in [0.4, 0.5) is 5.69 Å². The first-order chi connectivity index (χ1) is 12.3. The molecule has 2 aromatic heterocycles. The molecule has 134 valence electrons. The summed E-state index contributed by atoms with van der Waals surface area (Å²) >= 11 is 1.35. The van der Waals surface area contributed by atoms with Gasteiger partial charge in [0.05, 0.1) is 17.1 Å². The summed E-state index contributed by atoms with van der Waals surface area (Å²) in [6.45, 7) is 1.65. The molecular weight excluding hydrogens is 354 g/mol. The zero-order valence-electron chi connectivity index (χ0n) is 14.2. The maximum absolute atomic E-state index is 12.5. The van der Waals surface area contributed by atoms with Crippen LogP contribution in [0.2, 0.25) is 0 Å². The van der Waals surface area contributed by atoms with Gasteiger partial charge in [-0.15, -0.1) is 11.3 Å². The Morgan fingerprint density at radius 1 is 1.23 bits per heavy atom. The van der Waals surface area contributed by atoms with E-state index in [1.165, 1.54) is 17.4 Å². The molecule has 0 saturated heterocycles. The number of nitrogens with two attached hydrogens (primary N) is 1. The van der Waals surface area contributed by atoms with E-state index in [1.54, 1.807) is 28.9 Å². The van der Waals surface area contributed by atoms with Crippen molar-refractivity contribution >= 4 is 45.0 Å². The Morgan fingerprint density at radius 3 is 2.69 bits per heavy atom. The zero-order chi connectivity index (χ0) is 18.8. The molecule has 4 N–H and O–H groups in total. The Labute approximate surface area is 153 Å². The van der Waals surface area contributed by atoms with Crippen molar-refractivity contribution in [1.82, 2.24) is 15.1 Å². The van der Waals surface area contributed by atoms with E-state index in [2.05, 4.69) is 15.7 Å². The summed E-state index contributed by atoms with van der Waals surface area (Å²) in [5, 5.41) is 10.4. The van der Waals surface area contributed by atoms with E-state index in [4.69, 9.17) is 5.73 Å². The van der Waals surface area contributed by atoms with Gasteiger partial charge in [-0.25, -0.2) is 0 Å². The summed E-state index contributed by atoms with van der Waals surface area (Å²) in [6.07, 6.45) is 0. The fraction of sp³-hybridized carbons (Fsp3) is 0.176. The standard InChI is InChI=1S/C17H17N5O3S/c1-9-12-7-13(26-17(12)22(2)21-9)16(25)20-11-5-3-4-10(6-11)15(24)19-8-14(18)23/h3-7H,8H2,1-2H3,(H2,18,23)(H,19,24)(H,20,25). The molecular formula is C17H17N5O3S. The summed E-state index contributed by atoms with van der Waals surface area (Å²) in [6, 6.07) is 8.26. The van der Waals surface area contributed by atoms with Crippen LogP contribution in [0.15, 0.2) is 30.3 Å². The number of anilines is 1. The quantitative estimate of drug-likeness (QED) is 0.628. The minimum absolute atomic E-state index is 0.245. The van der Waals surface area contributed by atoms with Gasteiger partial charge in [0.25, 0.3) is 11.8 Å². The molecule has 0 spiro atoms. The van der Waals surface area contributed by atoms with Crippen molar-refractivity contribution in [1.29, 1.82) is 0 Å². The highest BCUT2D eigenvalue weighted by Crippen LogP contribution is 2.28. The van der Waals surface area contributed by atoms with Gasteiger partial charge in [0.15, 0.2) is 0 Å². The van der Waals surface area contributed by atoms with Gasteiger partial charge < -0.3 is 16.4 Å². The van der Waals surface area contributed by atoms with Crippen LogP contribution in [0.1, 0.15) is 25.7 Å². The van der Waals surface area contributed by atoms with Crippen molar-refractivity contribution in [2.24, 2.45) is 12.8 Å². The highest BCUT2D eigenvalue weighted by molar-refractivity contribution is 7.20. The lowest BCUT2D eigenvalue weighted by atomic mass is 10.2. The number of carbonyl (C=O) groups is 3. The summed E-state index contributed by atoms with van der Waals surface area (Å²) in [4.78, 5) is 36.7. The molecule has 0 atom stereocenters. The number of hydrogen-bond acceptors (Lipinski definition) is 5. The van der Waals surface area contributed by atoms with Gasteiger partial charge in [-0.2, -0.15) is 5.10 Å². The molecule has 9 heteroatoms. The van der Waals surface area contributed by atoms with Crippen molar-refractivity contribution < 1.29 is 14.4 Å². The summed E-state index contributed by atoms with van der Waals surface area (Å²) in [5.74, 6) is -1.33. The van der Waals surface area contributed by atoms with E-state index >= 15 is 0 Å². The van der Waals surface area contributed by atoms with Crippen LogP contribution in [-0.2, 0) is 11.8 Å². The smallest absolute Gasteiger partial charge is 0.265 e. The number of aryl methyl sites for hydroxylation is 2. The number of benzene rings is 1. The van der Waals surface area contributed by atoms with Gasteiger partial charge in [-0.05, 0) is 31.2 Å². The van der Waals surface area contributed by atoms with Gasteiger partial charge in [-0.3, -0.25) is 19.1 Å². The highest BCUT2D eigenvalue weighted by Gasteiger charge is 2.16. The third kappa shape index (κ3) is 3.57. The molecule has 3 aromatic rings. The minimum Gasteiger partial charge on any atom is -0.368 e. The molecule has 26 heavy (non-hydrogen) atoms.